The molecule has 0 saturated carbocycles. The van der Waals surface area contributed by atoms with Crippen molar-refractivity contribution in [3.63, 3.8) is 0 Å². The van der Waals surface area contributed by atoms with Gasteiger partial charge >= 0.3 is 11.9 Å². The van der Waals surface area contributed by atoms with Crippen LogP contribution in [-0.2, 0) is 14.3 Å². The number of para-hydroxylation sites is 1. The van der Waals surface area contributed by atoms with Crippen LogP contribution in [0.25, 0.3) is 22.3 Å². The number of benzene rings is 5. The molecule has 0 unspecified atom stereocenters. The van der Waals surface area contributed by atoms with Crippen LogP contribution in [0.5, 0.6) is 5.75 Å². The monoisotopic (exact) mass is 904 g/mol. The third-order valence-corrected chi connectivity index (χ3v) is 13.0. The number of methoxy groups -OCH3 is 1. The number of aliphatic carboxylic acids is 2. The Morgan fingerprint density at radius 3 is 1.51 bits per heavy atom. The number of thiophene rings is 1. The lowest BCUT2D eigenvalue weighted by molar-refractivity contribution is -0.142. The molecule has 63 heavy (non-hydrogen) atoms. The minimum atomic E-state index is -1.01. The molecule has 0 spiro atoms. The van der Waals surface area contributed by atoms with Crippen LogP contribution in [0.3, 0.4) is 0 Å². The van der Waals surface area contributed by atoms with Crippen molar-refractivity contribution in [2.75, 3.05) is 20.3 Å². The first-order chi connectivity index (χ1) is 30.5. The lowest BCUT2D eigenvalue weighted by Crippen LogP contribution is -2.41. The molecular weight excluding hydrogens is 860 g/mol. The van der Waals surface area contributed by atoms with Crippen LogP contribution >= 0.6 is 34.5 Å². The molecule has 2 N–H and O–H groups in total. The molecule has 0 aliphatic carbocycles. The average molecular weight is 906 g/mol. The van der Waals surface area contributed by atoms with Crippen molar-refractivity contribution < 1.29 is 38.9 Å². The normalized spacial score (nSPS) is 18.1. The molecule has 10 nitrogen and oxygen atoms in total. The first kappa shape index (κ1) is 45.1. The summed E-state index contributed by atoms with van der Waals surface area (Å²) in [6, 6.07) is 36.3. The molecule has 5 aromatic carbocycles. The van der Waals surface area contributed by atoms with Crippen LogP contribution in [0, 0.1) is 6.92 Å². The van der Waals surface area contributed by atoms with Gasteiger partial charge in [-0.2, -0.15) is 0 Å². The van der Waals surface area contributed by atoms with Crippen LogP contribution < -0.4 is 4.74 Å². The predicted octanol–water partition coefficient (Wildman–Crippen LogP) is 11.3. The van der Waals surface area contributed by atoms with Gasteiger partial charge in [0.05, 0.1) is 18.7 Å². The topological polar surface area (TPSA) is 134 Å². The number of ether oxygens (including phenoxy) is 2. The zero-order chi connectivity index (χ0) is 44.6. The van der Waals surface area contributed by atoms with Crippen LogP contribution in [-0.4, -0.2) is 76.2 Å². The number of halogens is 2. The van der Waals surface area contributed by atoms with E-state index in [2.05, 4.69) is 13.0 Å². The van der Waals surface area contributed by atoms with Gasteiger partial charge in [-0.05, 0) is 114 Å². The van der Waals surface area contributed by atoms with Gasteiger partial charge in [-0.25, -0.2) is 9.59 Å². The molecule has 13 heteroatoms. The number of aryl methyl sites for hydroxylation is 1. The molecule has 2 aliphatic heterocycles. The summed E-state index contributed by atoms with van der Waals surface area (Å²) in [5.41, 5.74) is 6.43. The number of carbonyl (C=O) groups is 4. The van der Waals surface area contributed by atoms with E-state index in [1.807, 2.05) is 90.3 Å². The molecule has 0 radical (unpaired) electrons. The number of nitrogens with zero attached hydrogens (tertiary/aromatic N) is 2. The second-order valence-corrected chi connectivity index (χ2v) is 17.2. The van der Waals surface area contributed by atoms with E-state index in [1.165, 1.54) is 14.7 Å². The third-order valence-electron chi connectivity index (χ3n) is 11.5. The molecule has 6 aromatic rings. The maximum atomic E-state index is 13.5. The molecule has 3 heterocycles. The number of hydrogen-bond donors (Lipinski definition) is 2. The van der Waals surface area contributed by atoms with Crippen LogP contribution in [0.4, 0.5) is 0 Å². The molecule has 2 amide bonds. The third kappa shape index (κ3) is 9.97. The highest BCUT2D eigenvalue weighted by molar-refractivity contribution is 7.10. The van der Waals surface area contributed by atoms with E-state index in [0.717, 1.165) is 39.1 Å². The smallest absolute Gasteiger partial charge is 0.326 e. The second-order valence-electron chi connectivity index (χ2n) is 15.2. The van der Waals surface area contributed by atoms with Gasteiger partial charge in [0.2, 0.25) is 0 Å². The SMILES string of the molecule is COCCOc1ccccc1-c1ccc(C(=O)N2[C@@H](c3ccccc3Cl)CC[C@H]2C(=O)O)cc1.Cc1sccc1-c1ccc(C(=O)N2[C@@H](c3ccccc3Cl)CC[C@H]2C(=O)O)cc1. The Hall–Kier alpha value is -5.98. The van der Waals surface area contributed by atoms with E-state index >= 15 is 0 Å². The highest BCUT2D eigenvalue weighted by atomic mass is 35.5. The fraction of sp³-hybridized carbons (Fsp3) is 0.240. The lowest BCUT2D eigenvalue weighted by Gasteiger charge is -2.29. The molecule has 2 fully saturated rings. The van der Waals surface area contributed by atoms with Crippen molar-refractivity contribution in [1.29, 1.82) is 0 Å². The summed E-state index contributed by atoms with van der Waals surface area (Å²) >= 11 is 14.4. The molecule has 4 atom stereocenters. The highest BCUT2D eigenvalue weighted by Crippen LogP contribution is 2.42. The standard InChI is InChI=1S/C27H26ClNO5.C23H20ClNO3S/c1-33-16-17-34-25-9-5-3-6-20(25)18-10-12-19(13-11-18)26(30)29-23(14-15-24(29)27(31)32)21-7-2-4-8-22(21)28;1-14-17(12-13-29-14)15-6-8-16(9-7-15)22(26)25-20(10-11-21(25)23(27)28)18-4-2-3-5-19(18)24/h2-13,23-24H,14-17H2,1H3,(H,31,32);2-9,12-13,20-21H,10-11H2,1H3,(H,27,28)/t23-,24+;20-,21+/m11/s1. The summed E-state index contributed by atoms with van der Waals surface area (Å²) in [6.45, 7) is 2.98. The maximum absolute atomic E-state index is 13.5. The fourth-order valence-electron chi connectivity index (χ4n) is 8.41. The Morgan fingerprint density at radius 1 is 0.603 bits per heavy atom. The van der Waals surface area contributed by atoms with Gasteiger partial charge in [0.25, 0.3) is 11.8 Å². The van der Waals surface area contributed by atoms with Crippen LogP contribution in [0.15, 0.2) is 133 Å². The number of likely N-dealkylation sites (tertiary alicyclic amines) is 2. The average Bonchev–Trinajstić information content (AvgIpc) is 4.06. The predicted molar refractivity (Wildman–Crippen MR) is 246 cm³/mol. The quantitative estimate of drug-likeness (QED) is 0.116. The lowest BCUT2D eigenvalue weighted by atomic mass is 10.0. The van der Waals surface area contributed by atoms with E-state index in [9.17, 15) is 29.4 Å². The number of carbonyl (C=O) groups excluding carboxylic acids is 2. The Labute approximate surface area is 380 Å². The first-order valence-corrected chi connectivity index (χ1v) is 22.2. The van der Waals surface area contributed by atoms with Gasteiger partial charge in [-0.15, -0.1) is 11.3 Å². The fourth-order valence-corrected chi connectivity index (χ4v) is 9.65. The van der Waals surface area contributed by atoms with Gasteiger partial charge < -0.3 is 29.5 Å². The number of hydrogen-bond acceptors (Lipinski definition) is 7. The van der Waals surface area contributed by atoms with Gasteiger partial charge in [-0.1, -0.05) is 102 Å². The summed E-state index contributed by atoms with van der Waals surface area (Å²) < 4.78 is 10.9. The van der Waals surface area contributed by atoms with Crippen molar-refractivity contribution in [3.8, 4) is 28.0 Å². The number of rotatable bonds is 12. The van der Waals surface area contributed by atoms with E-state index < -0.39 is 30.1 Å². The van der Waals surface area contributed by atoms with Gasteiger partial charge in [0.15, 0.2) is 0 Å². The molecule has 324 valence electrons. The van der Waals surface area contributed by atoms with Gasteiger partial charge in [0.1, 0.15) is 24.4 Å². The van der Waals surface area contributed by atoms with Crippen molar-refractivity contribution in [2.24, 2.45) is 0 Å². The van der Waals surface area contributed by atoms with Crippen molar-refractivity contribution in [3.05, 3.63) is 170 Å². The van der Waals surface area contributed by atoms with Crippen molar-refractivity contribution in [1.82, 2.24) is 9.80 Å². The van der Waals surface area contributed by atoms with Crippen molar-refractivity contribution >= 4 is 58.3 Å². The summed E-state index contributed by atoms with van der Waals surface area (Å²) in [4.78, 5) is 54.8. The zero-order valence-corrected chi connectivity index (χ0v) is 37.0. The van der Waals surface area contributed by atoms with E-state index in [-0.39, 0.29) is 17.9 Å². The molecule has 2 saturated heterocycles. The van der Waals surface area contributed by atoms with Gasteiger partial charge in [-0.3, -0.25) is 9.59 Å². The van der Waals surface area contributed by atoms with E-state index in [4.69, 9.17) is 32.7 Å². The Bertz CT molecular complexity index is 2580. The van der Waals surface area contributed by atoms with Crippen molar-refractivity contribution in [2.45, 2.75) is 56.8 Å². The van der Waals surface area contributed by atoms with Crippen LogP contribution in [0.1, 0.15) is 74.5 Å². The maximum Gasteiger partial charge on any atom is 0.326 e. The summed E-state index contributed by atoms with van der Waals surface area (Å²) in [5.74, 6) is -1.89. The highest BCUT2D eigenvalue weighted by Gasteiger charge is 2.44. The Balaban J connectivity index is 0.000000191. The molecular formula is C50H46Cl2N2O8S. The molecule has 0 bridgehead atoms. The summed E-state index contributed by atoms with van der Waals surface area (Å²) in [6.07, 6.45) is 1.89. The number of amides is 2. The molecule has 2 aliphatic rings. The van der Waals surface area contributed by atoms with E-state index in [0.29, 0.717) is 60.1 Å². The van der Waals surface area contributed by atoms with Crippen LogP contribution in [0.2, 0.25) is 10.0 Å². The summed E-state index contributed by atoms with van der Waals surface area (Å²) in [7, 11) is 1.62. The zero-order valence-electron chi connectivity index (χ0n) is 34.7. The minimum Gasteiger partial charge on any atom is -0.491 e. The second kappa shape index (κ2) is 20.5. The molecule has 1 aromatic heterocycles. The number of carboxylic acids is 2. The van der Waals surface area contributed by atoms with Gasteiger partial charge in [0, 0.05) is 38.7 Å². The van der Waals surface area contributed by atoms with E-state index in [1.54, 1.807) is 54.8 Å². The Morgan fingerprint density at radius 2 is 1.06 bits per heavy atom. The Kier molecular flexibility index (Phi) is 14.6. The number of carboxylic acid groups (broad SMARTS) is 2. The largest absolute Gasteiger partial charge is 0.491 e. The minimum absolute atomic E-state index is 0.284. The molecule has 8 rings (SSSR count). The summed E-state index contributed by atoms with van der Waals surface area (Å²) in [5, 5.41) is 22.6. The first-order valence-electron chi connectivity index (χ1n) is 20.5.